The highest BCUT2D eigenvalue weighted by Crippen LogP contribution is 2.30. The number of nitrogens with two attached hydrogens (primary N) is 1. The summed E-state index contributed by atoms with van der Waals surface area (Å²) >= 11 is 0. The zero-order valence-corrected chi connectivity index (χ0v) is 20.0. The van der Waals surface area contributed by atoms with E-state index in [1.54, 1.807) is 36.1 Å². The molecule has 1 saturated heterocycles. The number of rotatable bonds is 4. The van der Waals surface area contributed by atoms with E-state index in [0.717, 1.165) is 6.07 Å². The molecule has 5 rings (SSSR count). The monoisotopic (exact) mass is 512 g/mol. The average Bonchev–Trinajstić information content (AvgIpc) is 3.22. The Kier molecular flexibility index (Phi) is 5.94. The molecular formula is C24H23F3N8O2. The number of nitrogen functional groups attached to an aromatic ring is 1. The summed E-state index contributed by atoms with van der Waals surface area (Å²) in [5, 5.41) is 10.9. The third kappa shape index (κ3) is 4.42. The van der Waals surface area contributed by atoms with Crippen molar-refractivity contribution >= 4 is 39.4 Å². The fraction of sp³-hybridized carbons (Fsp3) is 0.292. The maximum Gasteiger partial charge on any atom is 0.417 e. The second-order valence-electron chi connectivity index (χ2n) is 8.88. The summed E-state index contributed by atoms with van der Waals surface area (Å²) in [7, 11) is 3.21. The van der Waals surface area contributed by atoms with Crippen LogP contribution in [0.25, 0.3) is 21.8 Å². The first-order chi connectivity index (χ1) is 17.5. The number of benzene rings is 1. The van der Waals surface area contributed by atoms with Crippen LogP contribution in [-0.4, -0.2) is 61.7 Å². The molecule has 2 amide bonds. The van der Waals surface area contributed by atoms with Crippen LogP contribution in [0.3, 0.4) is 0 Å². The highest BCUT2D eigenvalue weighted by atomic mass is 19.4. The number of hydrogen-bond acceptors (Lipinski definition) is 7. The number of hydrazine groups is 1. The van der Waals surface area contributed by atoms with Crippen molar-refractivity contribution in [2.45, 2.75) is 12.7 Å². The molecule has 0 aliphatic carbocycles. The Balaban J connectivity index is 1.53. The predicted octanol–water partition coefficient (Wildman–Crippen LogP) is 2.35. The molecule has 3 N–H and O–H groups in total. The molecule has 37 heavy (non-hydrogen) atoms. The Labute approximate surface area is 208 Å². The number of nitrogens with zero attached hydrogens (tertiary/aromatic N) is 6. The number of pyridine rings is 2. The lowest BCUT2D eigenvalue weighted by Gasteiger charge is -2.36. The fourth-order valence-corrected chi connectivity index (χ4v) is 4.24. The van der Waals surface area contributed by atoms with Gasteiger partial charge in [0.15, 0.2) is 0 Å². The zero-order valence-electron chi connectivity index (χ0n) is 20.0. The number of carbonyl (C=O) groups is 2. The Morgan fingerprint density at radius 2 is 1.92 bits per heavy atom. The van der Waals surface area contributed by atoms with Gasteiger partial charge in [-0.3, -0.25) is 24.3 Å². The average molecular weight is 512 g/mol. The Morgan fingerprint density at radius 1 is 1.16 bits per heavy atom. The Morgan fingerprint density at radius 3 is 2.54 bits per heavy atom. The minimum atomic E-state index is -4.54. The number of amides is 2. The van der Waals surface area contributed by atoms with Crippen LogP contribution in [0, 0.1) is 5.92 Å². The summed E-state index contributed by atoms with van der Waals surface area (Å²) < 4.78 is 40.6. The topological polar surface area (TPSA) is 122 Å². The van der Waals surface area contributed by atoms with Gasteiger partial charge in [-0.15, -0.1) is 0 Å². The van der Waals surface area contributed by atoms with Gasteiger partial charge in [0.1, 0.15) is 5.82 Å². The minimum absolute atomic E-state index is 0.192. The lowest BCUT2D eigenvalue weighted by Crippen LogP contribution is -2.56. The van der Waals surface area contributed by atoms with Crippen LogP contribution in [0.5, 0.6) is 0 Å². The van der Waals surface area contributed by atoms with Crippen LogP contribution in [0.2, 0.25) is 0 Å². The lowest BCUT2D eigenvalue weighted by molar-refractivity contribution is -0.148. The van der Waals surface area contributed by atoms with Gasteiger partial charge in [0.05, 0.1) is 46.3 Å². The van der Waals surface area contributed by atoms with Gasteiger partial charge < -0.3 is 11.1 Å². The SMILES string of the molecule is CN(C(=O)C1CNC1)N(Cc1ccc(C(F)(F)F)cn1)C(=O)c1ccc2nc(N)c3cnn(C)c3c2c1. The normalized spacial score (nSPS) is 14.1. The van der Waals surface area contributed by atoms with Gasteiger partial charge in [-0.1, -0.05) is 0 Å². The van der Waals surface area contributed by atoms with E-state index in [1.165, 1.54) is 23.1 Å². The van der Waals surface area contributed by atoms with Crippen molar-refractivity contribution in [2.24, 2.45) is 13.0 Å². The summed E-state index contributed by atoms with van der Waals surface area (Å²) in [6.45, 7) is 0.745. The number of hydrogen-bond donors (Lipinski definition) is 2. The third-order valence-corrected chi connectivity index (χ3v) is 6.46. The molecule has 0 unspecified atom stereocenters. The number of halogens is 3. The number of fused-ring (bicyclic) bond motifs is 3. The number of aryl methyl sites for hydroxylation is 1. The summed E-state index contributed by atoms with van der Waals surface area (Å²) in [4.78, 5) is 35.0. The van der Waals surface area contributed by atoms with Crippen LogP contribution in [0.4, 0.5) is 19.0 Å². The lowest BCUT2D eigenvalue weighted by atomic mass is 10.0. The number of carbonyl (C=O) groups excluding carboxylic acids is 2. The van der Waals surface area contributed by atoms with E-state index in [9.17, 15) is 22.8 Å². The highest BCUT2D eigenvalue weighted by Gasteiger charge is 2.34. The van der Waals surface area contributed by atoms with E-state index in [1.807, 2.05) is 0 Å². The smallest absolute Gasteiger partial charge is 0.383 e. The van der Waals surface area contributed by atoms with Crippen molar-refractivity contribution in [3.8, 4) is 0 Å². The van der Waals surface area contributed by atoms with Crippen LogP contribution in [0.1, 0.15) is 21.6 Å². The number of nitrogens with one attached hydrogen (secondary N) is 1. The number of alkyl halides is 3. The van der Waals surface area contributed by atoms with Gasteiger partial charge in [-0.05, 0) is 30.3 Å². The van der Waals surface area contributed by atoms with Gasteiger partial charge in [0.2, 0.25) is 5.91 Å². The summed E-state index contributed by atoms with van der Waals surface area (Å²) in [6, 6.07) is 6.95. The minimum Gasteiger partial charge on any atom is -0.383 e. The van der Waals surface area contributed by atoms with Crippen molar-refractivity contribution in [2.75, 3.05) is 25.9 Å². The van der Waals surface area contributed by atoms with Gasteiger partial charge >= 0.3 is 6.18 Å². The molecule has 0 spiro atoms. The zero-order chi connectivity index (χ0) is 26.5. The quantitative estimate of drug-likeness (QED) is 0.403. The van der Waals surface area contributed by atoms with Crippen molar-refractivity contribution in [3.63, 3.8) is 0 Å². The van der Waals surface area contributed by atoms with Crippen molar-refractivity contribution in [1.29, 1.82) is 0 Å². The molecule has 3 aromatic heterocycles. The Bertz CT molecular complexity index is 1510. The summed E-state index contributed by atoms with van der Waals surface area (Å²) in [5.41, 5.74) is 6.85. The first-order valence-corrected chi connectivity index (χ1v) is 11.4. The fourth-order valence-electron chi connectivity index (χ4n) is 4.24. The first kappa shape index (κ1) is 24.4. The third-order valence-electron chi connectivity index (χ3n) is 6.46. The predicted molar refractivity (Wildman–Crippen MR) is 129 cm³/mol. The standard InChI is InChI=1S/C24H23F3N8O2/c1-33-20-17-7-13(3-6-19(17)32-21(28)18(20)11-31-33)23(37)35(34(2)22(36)14-8-29-9-14)12-16-5-4-15(10-30-16)24(25,26)27/h3-7,10-11,14,29H,8-9,12H2,1-2H3,(H2,28,32). The van der Waals surface area contributed by atoms with Crippen LogP contribution in [0.15, 0.2) is 42.7 Å². The van der Waals surface area contributed by atoms with Crippen LogP contribution in [-0.2, 0) is 24.6 Å². The van der Waals surface area contributed by atoms with E-state index < -0.39 is 17.6 Å². The molecule has 0 bridgehead atoms. The molecule has 10 nitrogen and oxygen atoms in total. The van der Waals surface area contributed by atoms with Crippen molar-refractivity contribution in [1.82, 2.24) is 35.1 Å². The molecule has 1 aromatic carbocycles. The molecule has 1 aliphatic rings. The summed E-state index contributed by atoms with van der Waals surface area (Å²) in [6.07, 6.45) is -2.24. The molecular weight excluding hydrogens is 489 g/mol. The van der Waals surface area contributed by atoms with E-state index in [2.05, 4.69) is 20.4 Å². The maximum atomic E-state index is 13.8. The first-order valence-electron chi connectivity index (χ1n) is 11.4. The van der Waals surface area contributed by atoms with E-state index in [0.29, 0.717) is 46.9 Å². The second kappa shape index (κ2) is 9.00. The molecule has 13 heteroatoms. The largest absolute Gasteiger partial charge is 0.417 e. The highest BCUT2D eigenvalue weighted by molar-refractivity contribution is 6.10. The van der Waals surface area contributed by atoms with Gasteiger partial charge in [0, 0.05) is 44.3 Å². The number of anilines is 1. The van der Waals surface area contributed by atoms with Crippen molar-refractivity contribution < 1.29 is 22.8 Å². The molecule has 0 atom stereocenters. The second-order valence-corrected chi connectivity index (χ2v) is 8.88. The Hall–Kier alpha value is -4.26. The van der Waals surface area contributed by atoms with Crippen LogP contribution < -0.4 is 11.1 Å². The molecule has 0 radical (unpaired) electrons. The van der Waals surface area contributed by atoms with Gasteiger partial charge in [-0.2, -0.15) is 18.3 Å². The van der Waals surface area contributed by atoms with E-state index in [4.69, 9.17) is 5.73 Å². The van der Waals surface area contributed by atoms with Gasteiger partial charge in [-0.25, -0.2) is 9.99 Å². The molecule has 0 saturated carbocycles. The van der Waals surface area contributed by atoms with Gasteiger partial charge in [0.25, 0.3) is 5.91 Å². The maximum absolute atomic E-state index is 13.8. The van der Waals surface area contributed by atoms with E-state index in [-0.39, 0.29) is 29.6 Å². The summed E-state index contributed by atoms with van der Waals surface area (Å²) in [5.74, 6) is -0.815. The van der Waals surface area contributed by atoms with Crippen LogP contribution >= 0.6 is 0 Å². The van der Waals surface area contributed by atoms with Crippen molar-refractivity contribution in [3.05, 3.63) is 59.5 Å². The number of aromatic nitrogens is 4. The molecule has 1 aliphatic heterocycles. The molecule has 1 fully saturated rings. The molecule has 4 aromatic rings. The molecule has 192 valence electrons. The van der Waals surface area contributed by atoms with E-state index >= 15 is 0 Å². The molecule has 4 heterocycles.